The largest absolute Gasteiger partial charge is 0.469 e. The van der Waals surface area contributed by atoms with E-state index in [1.165, 1.54) is 13.2 Å². The minimum absolute atomic E-state index is 0.0491. The molecular formula is C12H15N3O4. The molecule has 0 saturated heterocycles. The van der Waals surface area contributed by atoms with Crippen LogP contribution in [0.1, 0.15) is 19.8 Å². The van der Waals surface area contributed by atoms with Crippen LogP contribution >= 0.6 is 0 Å². The molecule has 0 bridgehead atoms. The highest BCUT2D eigenvalue weighted by molar-refractivity contribution is 5.86. The molecule has 0 heterocycles. The van der Waals surface area contributed by atoms with Gasteiger partial charge in [0.15, 0.2) is 0 Å². The van der Waals surface area contributed by atoms with E-state index in [9.17, 15) is 14.9 Å². The van der Waals surface area contributed by atoms with Crippen molar-refractivity contribution in [1.29, 1.82) is 0 Å². The average molecular weight is 265 g/mol. The first kappa shape index (κ1) is 14.6. The molecule has 0 aliphatic carbocycles. The maximum atomic E-state index is 10.9. The van der Waals surface area contributed by atoms with Crippen LogP contribution in [0.15, 0.2) is 29.4 Å². The molecule has 1 N–H and O–H groups in total. The summed E-state index contributed by atoms with van der Waals surface area (Å²) in [4.78, 5) is 21.2. The Kier molecular flexibility index (Phi) is 5.46. The Morgan fingerprint density at radius 1 is 1.42 bits per heavy atom. The number of carbonyl (C=O) groups is 1. The number of methoxy groups -OCH3 is 1. The van der Waals surface area contributed by atoms with E-state index in [-0.39, 0.29) is 18.1 Å². The van der Waals surface area contributed by atoms with Crippen molar-refractivity contribution in [1.82, 2.24) is 0 Å². The fraction of sp³-hybridized carbons (Fsp3) is 0.333. The van der Waals surface area contributed by atoms with Crippen LogP contribution in [0.25, 0.3) is 0 Å². The zero-order chi connectivity index (χ0) is 14.3. The third kappa shape index (κ3) is 4.74. The number of nitro benzene ring substituents is 1. The molecule has 1 rings (SSSR count). The monoisotopic (exact) mass is 265 g/mol. The normalized spacial score (nSPS) is 10.9. The summed E-state index contributed by atoms with van der Waals surface area (Å²) in [6.07, 6.45) is 0.657. The van der Waals surface area contributed by atoms with E-state index in [2.05, 4.69) is 15.3 Å². The predicted octanol–water partition coefficient (Wildman–Crippen LogP) is 2.34. The fourth-order valence-corrected chi connectivity index (χ4v) is 1.32. The minimum atomic E-state index is -0.484. The number of nitrogens with zero attached hydrogens (tertiary/aromatic N) is 2. The van der Waals surface area contributed by atoms with Crippen LogP contribution < -0.4 is 5.43 Å². The predicted molar refractivity (Wildman–Crippen MR) is 71.1 cm³/mol. The SMILES string of the molecule is COC(=O)CC/C(C)=N\Nc1ccccc1[N+](=O)[O-]. The highest BCUT2D eigenvalue weighted by Crippen LogP contribution is 2.23. The van der Waals surface area contributed by atoms with Gasteiger partial charge in [-0.1, -0.05) is 12.1 Å². The smallest absolute Gasteiger partial charge is 0.305 e. The molecule has 1 aromatic carbocycles. The van der Waals surface area contributed by atoms with E-state index < -0.39 is 4.92 Å². The molecule has 0 spiro atoms. The average Bonchev–Trinajstić information content (AvgIpc) is 2.42. The van der Waals surface area contributed by atoms with Crippen molar-refractivity contribution in [3.8, 4) is 0 Å². The molecule has 0 saturated carbocycles. The van der Waals surface area contributed by atoms with E-state index in [1.807, 2.05) is 0 Å². The molecule has 0 unspecified atom stereocenters. The Hall–Kier alpha value is -2.44. The number of hydrogen-bond donors (Lipinski definition) is 1. The number of esters is 1. The van der Waals surface area contributed by atoms with Crippen LogP contribution in [0.4, 0.5) is 11.4 Å². The van der Waals surface area contributed by atoms with Gasteiger partial charge in [0.1, 0.15) is 5.69 Å². The van der Waals surface area contributed by atoms with Gasteiger partial charge in [-0.3, -0.25) is 20.3 Å². The van der Waals surface area contributed by atoms with E-state index in [0.717, 1.165) is 0 Å². The van der Waals surface area contributed by atoms with Gasteiger partial charge in [0.05, 0.1) is 18.5 Å². The van der Waals surface area contributed by atoms with Gasteiger partial charge >= 0.3 is 5.97 Å². The Balaban J connectivity index is 2.65. The molecular weight excluding hydrogens is 250 g/mol. The molecule has 0 fully saturated rings. The number of hydrogen-bond acceptors (Lipinski definition) is 6. The maximum Gasteiger partial charge on any atom is 0.305 e. The number of anilines is 1. The maximum absolute atomic E-state index is 10.9. The van der Waals surface area contributed by atoms with Gasteiger partial charge < -0.3 is 4.74 Å². The quantitative estimate of drug-likeness (QED) is 0.368. The number of carbonyl (C=O) groups excluding carboxylic acids is 1. The van der Waals surface area contributed by atoms with Crippen molar-refractivity contribution in [3.05, 3.63) is 34.4 Å². The molecule has 0 aromatic heterocycles. The third-order valence-corrected chi connectivity index (χ3v) is 2.39. The number of rotatable bonds is 6. The van der Waals surface area contributed by atoms with Crippen molar-refractivity contribution < 1.29 is 14.5 Å². The highest BCUT2D eigenvalue weighted by atomic mass is 16.6. The second-order valence-electron chi connectivity index (χ2n) is 3.81. The van der Waals surface area contributed by atoms with Crippen molar-refractivity contribution in [2.45, 2.75) is 19.8 Å². The van der Waals surface area contributed by atoms with Crippen LogP contribution in [0, 0.1) is 10.1 Å². The lowest BCUT2D eigenvalue weighted by molar-refractivity contribution is -0.384. The molecule has 19 heavy (non-hydrogen) atoms. The standard InChI is InChI=1S/C12H15N3O4/c1-9(7-8-12(16)19-2)13-14-10-5-3-4-6-11(10)15(17)18/h3-6,14H,7-8H2,1-2H3/b13-9-. The number of nitro groups is 1. The van der Waals surface area contributed by atoms with Crippen molar-refractivity contribution in [2.24, 2.45) is 5.10 Å². The molecule has 7 nitrogen and oxygen atoms in total. The van der Waals surface area contributed by atoms with Gasteiger partial charge in [0.2, 0.25) is 0 Å². The summed E-state index contributed by atoms with van der Waals surface area (Å²) in [6.45, 7) is 1.73. The zero-order valence-electron chi connectivity index (χ0n) is 10.8. The van der Waals surface area contributed by atoms with Crippen LogP contribution in [-0.2, 0) is 9.53 Å². The van der Waals surface area contributed by atoms with Crippen molar-refractivity contribution in [2.75, 3.05) is 12.5 Å². The van der Waals surface area contributed by atoms with Gasteiger partial charge in [-0.05, 0) is 19.4 Å². The summed E-state index contributed by atoms with van der Waals surface area (Å²) < 4.78 is 4.51. The lowest BCUT2D eigenvalue weighted by atomic mass is 10.2. The van der Waals surface area contributed by atoms with Crippen LogP contribution in [0.2, 0.25) is 0 Å². The number of ether oxygens (including phenoxy) is 1. The summed E-state index contributed by atoms with van der Waals surface area (Å²) in [5.41, 5.74) is 3.55. The van der Waals surface area contributed by atoms with E-state index in [4.69, 9.17) is 0 Å². The molecule has 102 valence electrons. The first-order valence-electron chi connectivity index (χ1n) is 5.64. The molecule has 7 heteroatoms. The Morgan fingerprint density at radius 3 is 2.74 bits per heavy atom. The van der Waals surface area contributed by atoms with Crippen molar-refractivity contribution in [3.63, 3.8) is 0 Å². The van der Waals surface area contributed by atoms with Crippen LogP contribution in [-0.4, -0.2) is 23.7 Å². The van der Waals surface area contributed by atoms with E-state index in [1.54, 1.807) is 25.1 Å². The number of benzene rings is 1. The molecule has 0 amide bonds. The zero-order valence-corrected chi connectivity index (χ0v) is 10.8. The lowest BCUT2D eigenvalue weighted by Gasteiger charge is -2.03. The van der Waals surface area contributed by atoms with Gasteiger partial charge in [-0.25, -0.2) is 0 Å². The summed E-state index contributed by atoms with van der Waals surface area (Å²) in [5, 5.41) is 14.8. The second kappa shape index (κ2) is 7.10. The first-order chi connectivity index (χ1) is 9.04. The fourth-order valence-electron chi connectivity index (χ4n) is 1.32. The summed E-state index contributed by atoms with van der Waals surface area (Å²) in [7, 11) is 1.32. The van der Waals surface area contributed by atoms with Crippen molar-refractivity contribution >= 4 is 23.1 Å². The van der Waals surface area contributed by atoms with E-state index >= 15 is 0 Å². The van der Waals surface area contributed by atoms with Crippen LogP contribution in [0.5, 0.6) is 0 Å². The lowest BCUT2D eigenvalue weighted by Crippen LogP contribution is -2.05. The van der Waals surface area contributed by atoms with Gasteiger partial charge in [-0.2, -0.15) is 5.10 Å². The molecule has 0 radical (unpaired) electrons. The third-order valence-electron chi connectivity index (χ3n) is 2.39. The number of hydrazone groups is 1. The number of para-hydroxylation sites is 2. The molecule has 0 aliphatic rings. The Labute approximate surface area is 110 Å². The molecule has 0 aliphatic heterocycles. The van der Waals surface area contributed by atoms with Gasteiger partial charge in [0, 0.05) is 11.8 Å². The Bertz CT molecular complexity index is 500. The minimum Gasteiger partial charge on any atom is -0.469 e. The first-order valence-corrected chi connectivity index (χ1v) is 5.64. The summed E-state index contributed by atoms with van der Waals surface area (Å²) >= 11 is 0. The highest BCUT2D eigenvalue weighted by Gasteiger charge is 2.11. The van der Waals surface area contributed by atoms with E-state index in [0.29, 0.717) is 17.8 Å². The van der Waals surface area contributed by atoms with Gasteiger partial charge in [-0.15, -0.1) is 0 Å². The van der Waals surface area contributed by atoms with Gasteiger partial charge in [0.25, 0.3) is 5.69 Å². The molecule has 0 atom stereocenters. The topological polar surface area (TPSA) is 93.8 Å². The Morgan fingerprint density at radius 2 is 2.11 bits per heavy atom. The van der Waals surface area contributed by atoms with Crippen LogP contribution in [0.3, 0.4) is 0 Å². The summed E-state index contributed by atoms with van der Waals surface area (Å²) in [6, 6.07) is 6.21. The molecule has 1 aromatic rings. The second-order valence-corrected chi connectivity index (χ2v) is 3.81. The number of nitrogens with one attached hydrogen (secondary N) is 1. The summed E-state index contributed by atoms with van der Waals surface area (Å²) in [5.74, 6) is -0.319.